The van der Waals surface area contributed by atoms with Gasteiger partial charge in [0.2, 0.25) is 0 Å². The van der Waals surface area contributed by atoms with E-state index in [-0.39, 0.29) is 18.4 Å². The van der Waals surface area contributed by atoms with Crippen LogP contribution in [0.5, 0.6) is 11.5 Å². The van der Waals surface area contributed by atoms with Crippen LogP contribution in [0.2, 0.25) is 0 Å². The lowest BCUT2D eigenvalue weighted by molar-refractivity contribution is -0.141. The van der Waals surface area contributed by atoms with Crippen molar-refractivity contribution in [3.05, 3.63) is 52.5 Å². The average molecular weight is 463 g/mol. The van der Waals surface area contributed by atoms with Crippen molar-refractivity contribution >= 4 is 33.6 Å². The molecule has 2 amide bonds. The molecule has 0 bridgehead atoms. The molecule has 0 saturated carbocycles. The first-order chi connectivity index (χ1) is 14.0. The number of urea groups is 1. The van der Waals surface area contributed by atoms with E-state index >= 15 is 0 Å². The number of hydrogen-bond acceptors (Lipinski definition) is 5. The van der Waals surface area contributed by atoms with E-state index < -0.39 is 6.04 Å². The normalized spacial score (nSPS) is 14.7. The molecule has 1 fully saturated rings. The molecule has 1 atom stereocenters. The molecular formula is C21H23BrN2O5. The van der Waals surface area contributed by atoms with E-state index in [1.165, 1.54) is 7.11 Å². The quantitative estimate of drug-likeness (QED) is 0.581. The summed E-state index contributed by atoms with van der Waals surface area (Å²) in [6.07, 6.45) is 0.0624. The zero-order chi connectivity index (χ0) is 21.0. The number of amides is 2. The second kappa shape index (κ2) is 9.17. The maximum absolute atomic E-state index is 13.2. The van der Waals surface area contributed by atoms with Gasteiger partial charge in [-0.05, 0) is 45.8 Å². The van der Waals surface area contributed by atoms with Gasteiger partial charge in [-0.2, -0.15) is 0 Å². The van der Waals surface area contributed by atoms with Crippen molar-refractivity contribution < 1.29 is 23.8 Å². The van der Waals surface area contributed by atoms with Crippen LogP contribution in [-0.4, -0.2) is 51.3 Å². The van der Waals surface area contributed by atoms with E-state index in [4.69, 9.17) is 14.2 Å². The number of halogens is 1. The number of rotatable bonds is 7. The smallest absolute Gasteiger partial charge is 0.325 e. The minimum Gasteiger partial charge on any atom is -0.497 e. The highest BCUT2D eigenvalue weighted by Gasteiger charge is 2.36. The molecule has 1 saturated heterocycles. The standard InChI is InChI=1S/C21H23BrN2O5/c1-27-16-6-4-5-14(11-16)18(13-20(25)29-3)24-10-9-23(21(24)26)15-7-8-17(22)19(12-15)28-2/h4-8,11-12,18H,9-10,13H2,1-3H3. The van der Waals surface area contributed by atoms with Crippen molar-refractivity contribution in [1.29, 1.82) is 0 Å². The van der Waals surface area contributed by atoms with Crippen LogP contribution in [0, 0.1) is 0 Å². The molecule has 1 aliphatic rings. The van der Waals surface area contributed by atoms with Crippen molar-refractivity contribution in [2.24, 2.45) is 0 Å². The van der Waals surface area contributed by atoms with Gasteiger partial charge in [-0.3, -0.25) is 9.69 Å². The van der Waals surface area contributed by atoms with E-state index in [1.54, 1.807) is 24.0 Å². The highest BCUT2D eigenvalue weighted by Crippen LogP contribution is 2.35. The molecule has 2 aromatic carbocycles. The summed E-state index contributed by atoms with van der Waals surface area (Å²) < 4.78 is 16.3. The van der Waals surface area contributed by atoms with Crippen molar-refractivity contribution in [2.45, 2.75) is 12.5 Å². The van der Waals surface area contributed by atoms with Gasteiger partial charge >= 0.3 is 12.0 Å². The molecule has 0 spiro atoms. The Morgan fingerprint density at radius 2 is 1.90 bits per heavy atom. The number of esters is 1. The van der Waals surface area contributed by atoms with Crippen LogP contribution in [0.3, 0.4) is 0 Å². The third-order valence-corrected chi connectivity index (χ3v) is 5.59. The summed E-state index contributed by atoms with van der Waals surface area (Å²) in [5, 5.41) is 0. The molecule has 8 heteroatoms. The van der Waals surface area contributed by atoms with Crippen LogP contribution in [0.15, 0.2) is 46.9 Å². The average Bonchev–Trinajstić information content (AvgIpc) is 3.13. The number of carbonyl (C=O) groups excluding carboxylic acids is 2. The first-order valence-corrected chi connectivity index (χ1v) is 9.90. The van der Waals surface area contributed by atoms with Crippen molar-refractivity contribution in [2.75, 3.05) is 39.3 Å². The van der Waals surface area contributed by atoms with Gasteiger partial charge in [0.15, 0.2) is 0 Å². The Hall–Kier alpha value is -2.74. The van der Waals surface area contributed by atoms with Gasteiger partial charge in [-0.25, -0.2) is 4.79 Å². The maximum atomic E-state index is 13.2. The predicted molar refractivity (Wildman–Crippen MR) is 113 cm³/mol. The highest BCUT2D eigenvalue weighted by atomic mass is 79.9. The fraction of sp³-hybridized carbons (Fsp3) is 0.333. The van der Waals surface area contributed by atoms with Crippen LogP contribution < -0.4 is 14.4 Å². The van der Waals surface area contributed by atoms with Gasteiger partial charge in [-0.15, -0.1) is 0 Å². The molecule has 7 nitrogen and oxygen atoms in total. The molecule has 154 valence electrons. The second-order valence-corrected chi connectivity index (χ2v) is 7.37. The first-order valence-electron chi connectivity index (χ1n) is 9.11. The fourth-order valence-electron chi connectivity index (χ4n) is 3.40. The molecular weight excluding hydrogens is 440 g/mol. The maximum Gasteiger partial charge on any atom is 0.325 e. The lowest BCUT2D eigenvalue weighted by Crippen LogP contribution is -2.36. The Morgan fingerprint density at radius 1 is 1.10 bits per heavy atom. The van der Waals surface area contributed by atoms with Gasteiger partial charge in [0.1, 0.15) is 11.5 Å². The summed E-state index contributed by atoms with van der Waals surface area (Å²) in [5.41, 5.74) is 1.55. The van der Waals surface area contributed by atoms with Gasteiger partial charge in [0.25, 0.3) is 0 Å². The zero-order valence-corrected chi connectivity index (χ0v) is 18.1. The number of hydrogen-bond donors (Lipinski definition) is 0. The number of benzene rings is 2. The molecule has 29 heavy (non-hydrogen) atoms. The number of ether oxygens (including phenoxy) is 3. The molecule has 0 radical (unpaired) electrons. The number of anilines is 1. The molecule has 0 aliphatic carbocycles. The molecule has 1 unspecified atom stereocenters. The van der Waals surface area contributed by atoms with Crippen LogP contribution in [-0.2, 0) is 9.53 Å². The first kappa shape index (κ1) is 21.0. The van der Waals surface area contributed by atoms with Crippen LogP contribution in [0.25, 0.3) is 0 Å². The molecule has 3 rings (SSSR count). The Balaban J connectivity index is 1.90. The van der Waals surface area contributed by atoms with Crippen molar-refractivity contribution in [3.8, 4) is 11.5 Å². The minimum absolute atomic E-state index is 0.0624. The van der Waals surface area contributed by atoms with Crippen LogP contribution in [0.4, 0.5) is 10.5 Å². The second-order valence-electron chi connectivity index (χ2n) is 6.52. The van der Waals surface area contributed by atoms with Gasteiger partial charge in [0, 0.05) is 24.8 Å². The zero-order valence-electron chi connectivity index (χ0n) is 16.6. The van der Waals surface area contributed by atoms with Crippen LogP contribution >= 0.6 is 15.9 Å². The summed E-state index contributed by atoms with van der Waals surface area (Å²) in [4.78, 5) is 28.7. The van der Waals surface area contributed by atoms with Crippen LogP contribution in [0.1, 0.15) is 18.0 Å². The number of methoxy groups -OCH3 is 3. The molecule has 0 aromatic heterocycles. The summed E-state index contributed by atoms with van der Waals surface area (Å²) >= 11 is 3.43. The summed E-state index contributed by atoms with van der Waals surface area (Å²) in [6.45, 7) is 0.987. The third kappa shape index (κ3) is 4.48. The third-order valence-electron chi connectivity index (χ3n) is 4.93. The SMILES string of the molecule is COC(=O)CC(c1cccc(OC)c1)N1CCN(c2ccc(Br)c(OC)c2)C1=O. The Labute approximate surface area is 178 Å². The van der Waals surface area contributed by atoms with Crippen molar-refractivity contribution in [1.82, 2.24) is 4.90 Å². The number of carbonyl (C=O) groups is 2. The molecule has 1 aliphatic heterocycles. The van der Waals surface area contributed by atoms with E-state index in [9.17, 15) is 9.59 Å². The molecule has 1 heterocycles. The van der Waals surface area contributed by atoms with Crippen molar-refractivity contribution in [3.63, 3.8) is 0 Å². The fourth-order valence-corrected chi connectivity index (χ4v) is 3.81. The summed E-state index contributed by atoms with van der Waals surface area (Å²) in [5.74, 6) is 0.931. The van der Waals surface area contributed by atoms with E-state index in [1.807, 2.05) is 42.5 Å². The Kier molecular flexibility index (Phi) is 6.64. The van der Waals surface area contributed by atoms with Gasteiger partial charge in [0.05, 0.1) is 38.3 Å². The predicted octanol–water partition coefficient (Wildman–Crippen LogP) is 4.01. The summed E-state index contributed by atoms with van der Waals surface area (Å²) in [6, 6.07) is 12.3. The van der Waals surface area contributed by atoms with E-state index in [2.05, 4.69) is 15.9 Å². The van der Waals surface area contributed by atoms with Gasteiger partial charge < -0.3 is 19.1 Å². The monoisotopic (exact) mass is 462 g/mol. The lowest BCUT2D eigenvalue weighted by atomic mass is 10.0. The van der Waals surface area contributed by atoms with Gasteiger partial charge in [-0.1, -0.05) is 12.1 Å². The Morgan fingerprint density at radius 3 is 2.59 bits per heavy atom. The lowest BCUT2D eigenvalue weighted by Gasteiger charge is -2.28. The minimum atomic E-state index is -0.451. The van der Waals surface area contributed by atoms with E-state index in [0.29, 0.717) is 24.6 Å². The molecule has 0 N–H and O–H groups in total. The highest BCUT2D eigenvalue weighted by molar-refractivity contribution is 9.10. The Bertz CT molecular complexity index is 904. The van der Waals surface area contributed by atoms with E-state index in [0.717, 1.165) is 15.7 Å². The topological polar surface area (TPSA) is 68.3 Å². The molecule has 2 aromatic rings. The summed E-state index contributed by atoms with van der Waals surface area (Å²) in [7, 11) is 4.51. The number of nitrogens with zero attached hydrogens (tertiary/aromatic N) is 2. The largest absolute Gasteiger partial charge is 0.497 e.